The van der Waals surface area contributed by atoms with Crippen LogP contribution in [0.5, 0.6) is 0 Å². The summed E-state index contributed by atoms with van der Waals surface area (Å²) in [6.45, 7) is 2.03. The fourth-order valence-corrected chi connectivity index (χ4v) is 3.30. The first-order valence-corrected chi connectivity index (χ1v) is 7.41. The molecule has 0 aliphatic carbocycles. The number of hydrogen-bond acceptors (Lipinski definition) is 2. The SMILES string of the molecule is Cc1ccc(-c2nc3c(Cl)cc(Cl)cn3c2N)c(Br)c1. The minimum absolute atomic E-state index is 0.471. The quantitative estimate of drug-likeness (QED) is 0.657. The number of imidazole rings is 1. The summed E-state index contributed by atoms with van der Waals surface area (Å²) >= 11 is 15.7. The average Bonchev–Trinajstić information content (AvgIpc) is 2.68. The highest BCUT2D eigenvalue weighted by molar-refractivity contribution is 9.10. The third-order valence-electron chi connectivity index (χ3n) is 3.06. The van der Waals surface area contributed by atoms with Crippen LogP contribution in [0.15, 0.2) is 34.9 Å². The van der Waals surface area contributed by atoms with Crippen LogP contribution >= 0.6 is 39.1 Å². The zero-order valence-electron chi connectivity index (χ0n) is 10.5. The molecule has 0 radical (unpaired) electrons. The maximum atomic E-state index is 6.18. The van der Waals surface area contributed by atoms with E-state index in [-0.39, 0.29) is 0 Å². The van der Waals surface area contributed by atoms with Crippen LogP contribution in [0, 0.1) is 6.92 Å². The zero-order valence-corrected chi connectivity index (χ0v) is 13.6. The summed E-state index contributed by atoms with van der Waals surface area (Å²) in [7, 11) is 0. The van der Waals surface area contributed by atoms with Crippen molar-refractivity contribution in [2.24, 2.45) is 0 Å². The lowest BCUT2D eigenvalue weighted by atomic mass is 10.1. The number of pyridine rings is 1. The molecule has 0 aliphatic rings. The number of anilines is 1. The molecular formula is C14H10BrCl2N3. The molecule has 0 amide bonds. The molecule has 3 aromatic rings. The largest absolute Gasteiger partial charge is 0.383 e. The Labute approximate surface area is 134 Å². The molecule has 20 heavy (non-hydrogen) atoms. The Morgan fingerprint density at radius 1 is 1.25 bits per heavy atom. The number of nitrogens with zero attached hydrogens (tertiary/aromatic N) is 2. The number of aryl methyl sites for hydroxylation is 1. The summed E-state index contributed by atoms with van der Waals surface area (Å²) in [5.41, 5.74) is 9.53. The monoisotopic (exact) mass is 369 g/mol. The minimum atomic E-state index is 0.471. The molecule has 1 aromatic carbocycles. The molecule has 0 fully saturated rings. The molecule has 0 bridgehead atoms. The number of hydrogen-bond donors (Lipinski definition) is 1. The van der Waals surface area contributed by atoms with Crippen LogP contribution in [0.1, 0.15) is 5.56 Å². The second-order valence-electron chi connectivity index (χ2n) is 4.53. The molecule has 0 saturated carbocycles. The van der Waals surface area contributed by atoms with Crippen molar-refractivity contribution < 1.29 is 0 Å². The highest BCUT2D eigenvalue weighted by atomic mass is 79.9. The van der Waals surface area contributed by atoms with Crippen LogP contribution < -0.4 is 5.73 Å². The second-order valence-corrected chi connectivity index (χ2v) is 6.23. The molecule has 0 atom stereocenters. The highest BCUT2D eigenvalue weighted by Gasteiger charge is 2.16. The van der Waals surface area contributed by atoms with Gasteiger partial charge in [-0.15, -0.1) is 0 Å². The smallest absolute Gasteiger partial charge is 0.158 e. The van der Waals surface area contributed by atoms with Gasteiger partial charge in [-0.3, -0.25) is 4.40 Å². The van der Waals surface area contributed by atoms with Gasteiger partial charge in [0.15, 0.2) is 5.65 Å². The number of halogens is 3. The first-order valence-electron chi connectivity index (χ1n) is 5.86. The Hall–Kier alpha value is -1.23. The molecule has 0 spiro atoms. The highest BCUT2D eigenvalue weighted by Crippen LogP contribution is 2.35. The van der Waals surface area contributed by atoms with Gasteiger partial charge in [0.1, 0.15) is 11.5 Å². The molecule has 3 nitrogen and oxygen atoms in total. The van der Waals surface area contributed by atoms with Crippen molar-refractivity contribution in [2.75, 3.05) is 5.73 Å². The van der Waals surface area contributed by atoms with Gasteiger partial charge in [-0.1, -0.05) is 51.3 Å². The second kappa shape index (κ2) is 4.95. The lowest BCUT2D eigenvalue weighted by Gasteiger charge is -2.04. The van der Waals surface area contributed by atoms with Gasteiger partial charge in [-0.05, 0) is 24.6 Å². The molecule has 2 N–H and O–H groups in total. The van der Waals surface area contributed by atoms with Crippen LogP contribution in [0.25, 0.3) is 16.9 Å². The van der Waals surface area contributed by atoms with Crippen LogP contribution in [-0.2, 0) is 0 Å². The summed E-state index contributed by atoms with van der Waals surface area (Å²) in [4.78, 5) is 4.53. The van der Waals surface area contributed by atoms with E-state index >= 15 is 0 Å². The van der Waals surface area contributed by atoms with E-state index in [2.05, 4.69) is 20.9 Å². The maximum absolute atomic E-state index is 6.18. The number of fused-ring (bicyclic) bond motifs is 1. The Balaban J connectivity index is 2.32. The molecule has 102 valence electrons. The number of benzene rings is 1. The maximum Gasteiger partial charge on any atom is 0.158 e. The summed E-state index contributed by atoms with van der Waals surface area (Å²) in [5.74, 6) is 0.508. The van der Waals surface area contributed by atoms with Gasteiger partial charge in [0.05, 0.1) is 10.0 Å². The number of nitrogen functional groups attached to an aromatic ring is 1. The standard InChI is InChI=1S/C14H10BrCl2N3/c1-7-2-3-9(10(15)4-7)12-13(18)20-6-8(16)5-11(17)14(20)19-12/h2-6H,18H2,1H3. The van der Waals surface area contributed by atoms with E-state index in [9.17, 15) is 0 Å². The van der Waals surface area contributed by atoms with Crippen LogP contribution in [0.4, 0.5) is 5.82 Å². The van der Waals surface area contributed by atoms with Gasteiger partial charge in [0.25, 0.3) is 0 Å². The Kier molecular flexibility index (Phi) is 3.40. The first kappa shape index (κ1) is 13.7. The van der Waals surface area contributed by atoms with Gasteiger partial charge in [0.2, 0.25) is 0 Å². The lowest BCUT2D eigenvalue weighted by molar-refractivity contribution is 1.20. The average molecular weight is 371 g/mol. The Morgan fingerprint density at radius 3 is 2.70 bits per heavy atom. The van der Waals surface area contributed by atoms with Gasteiger partial charge >= 0.3 is 0 Å². The van der Waals surface area contributed by atoms with Crippen molar-refractivity contribution in [2.45, 2.75) is 6.92 Å². The number of nitrogens with two attached hydrogens (primary N) is 1. The van der Waals surface area contributed by atoms with E-state index in [0.29, 0.717) is 27.2 Å². The number of rotatable bonds is 1. The van der Waals surface area contributed by atoms with Crippen molar-refractivity contribution in [3.05, 3.63) is 50.5 Å². The normalized spacial score (nSPS) is 11.2. The van der Waals surface area contributed by atoms with Crippen molar-refractivity contribution in [3.8, 4) is 11.3 Å². The summed E-state index contributed by atoms with van der Waals surface area (Å²) < 4.78 is 2.64. The lowest BCUT2D eigenvalue weighted by Crippen LogP contribution is -1.94. The fraction of sp³-hybridized carbons (Fsp3) is 0.0714. The van der Waals surface area contributed by atoms with Crippen LogP contribution in [0.2, 0.25) is 10.0 Å². The zero-order chi connectivity index (χ0) is 14.4. The summed E-state index contributed by atoms with van der Waals surface area (Å²) in [6, 6.07) is 7.66. The number of aromatic nitrogens is 2. The van der Waals surface area contributed by atoms with E-state index in [4.69, 9.17) is 28.9 Å². The van der Waals surface area contributed by atoms with Crippen LogP contribution in [0.3, 0.4) is 0 Å². The molecule has 6 heteroatoms. The molecule has 0 saturated heterocycles. The third-order valence-corrected chi connectivity index (χ3v) is 4.20. The molecule has 2 heterocycles. The topological polar surface area (TPSA) is 43.3 Å². The third kappa shape index (κ3) is 2.18. The summed E-state index contributed by atoms with van der Waals surface area (Å²) in [5, 5.41) is 0.986. The molecule has 2 aromatic heterocycles. The van der Waals surface area contributed by atoms with E-state index in [1.54, 1.807) is 16.7 Å². The van der Waals surface area contributed by atoms with E-state index in [1.807, 2.05) is 25.1 Å². The van der Waals surface area contributed by atoms with Crippen LogP contribution in [-0.4, -0.2) is 9.38 Å². The van der Waals surface area contributed by atoms with Gasteiger partial charge < -0.3 is 5.73 Å². The predicted molar refractivity (Wildman–Crippen MR) is 87.5 cm³/mol. The molecule has 0 aliphatic heterocycles. The summed E-state index contributed by atoms with van der Waals surface area (Å²) in [6.07, 6.45) is 1.71. The van der Waals surface area contributed by atoms with Gasteiger partial charge in [-0.2, -0.15) is 0 Å². The van der Waals surface area contributed by atoms with E-state index in [0.717, 1.165) is 15.6 Å². The van der Waals surface area contributed by atoms with Gasteiger partial charge in [-0.25, -0.2) is 4.98 Å². The molecule has 3 rings (SSSR count). The molecular weight excluding hydrogens is 361 g/mol. The van der Waals surface area contributed by atoms with Crippen molar-refractivity contribution in [1.29, 1.82) is 0 Å². The Morgan fingerprint density at radius 2 is 2.00 bits per heavy atom. The van der Waals surface area contributed by atoms with E-state index in [1.165, 1.54) is 0 Å². The predicted octanol–water partition coefficient (Wildman–Crippen LogP) is 4.96. The van der Waals surface area contributed by atoms with Gasteiger partial charge in [0, 0.05) is 16.2 Å². The minimum Gasteiger partial charge on any atom is -0.383 e. The van der Waals surface area contributed by atoms with Crippen molar-refractivity contribution >= 4 is 50.6 Å². The molecule has 0 unspecified atom stereocenters. The first-order chi connectivity index (χ1) is 9.47. The Bertz CT molecular complexity index is 827. The van der Waals surface area contributed by atoms with E-state index < -0.39 is 0 Å². The fourth-order valence-electron chi connectivity index (χ4n) is 2.10. The van der Waals surface area contributed by atoms with Crippen molar-refractivity contribution in [3.63, 3.8) is 0 Å². The van der Waals surface area contributed by atoms with Crippen molar-refractivity contribution in [1.82, 2.24) is 9.38 Å².